The number of ether oxygens (including phenoxy) is 1. The van der Waals surface area contributed by atoms with Crippen molar-refractivity contribution in [2.75, 3.05) is 59.5 Å². The number of aryl methyl sites for hydroxylation is 1. The maximum absolute atomic E-state index is 13.5. The highest BCUT2D eigenvalue weighted by Gasteiger charge is 2.64. The molecule has 3 fully saturated rings. The van der Waals surface area contributed by atoms with Crippen LogP contribution in [0, 0.1) is 17.8 Å². The Morgan fingerprint density at radius 2 is 1.89 bits per heavy atom. The summed E-state index contributed by atoms with van der Waals surface area (Å²) in [5.74, 6) is 2.43. The molecule has 0 N–H and O–H groups in total. The number of nitrogens with zero attached hydrogens (tertiary/aromatic N) is 3. The quantitative estimate of drug-likeness (QED) is 0.748. The summed E-state index contributed by atoms with van der Waals surface area (Å²) in [4.78, 5) is 20.5. The molecule has 156 valence electrons. The van der Waals surface area contributed by atoms with Crippen molar-refractivity contribution in [3.63, 3.8) is 0 Å². The molecule has 1 atom stereocenters. The van der Waals surface area contributed by atoms with Crippen LogP contribution in [-0.4, -0.2) is 80.1 Å². The number of likely N-dealkylation sites (tertiary alicyclic amines) is 3. The molecule has 6 heteroatoms. The summed E-state index contributed by atoms with van der Waals surface area (Å²) in [5.41, 5.74) is -0.0819. The van der Waals surface area contributed by atoms with Gasteiger partial charge in [-0.3, -0.25) is 14.6 Å². The lowest BCUT2D eigenvalue weighted by Crippen LogP contribution is -2.52. The van der Waals surface area contributed by atoms with E-state index in [0.717, 1.165) is 89.7 Å². The smallest absolute Gasteiger partial charge is 0.230 e. The Bertz CT molecular complexity index is 695. The average Bonchev–Trinajstić information content (AvgIpc) is 3.34. The van der Waals surface area contributed by atoms with Crippen LogP contribution >= 0.6 is 0 Å². The number of piperidine rings is 1. The number of rotatable bonds is 6. The summed E-state index contributed by atoms with van der Waals surface area (Å²) in [6, 6.07) is 4.12. The third-order valence-corrected chi connectivity index (χ3v) is 7.52. The molecule has 1 aromatic rings. The molecular formula is C22H35N3O3. The lowest BCUT2D eigenvalue weighted by molar-refractivity contribution is -0.142. The van der Waals surface area contributed by atoms with Gasteiger partial charge in [0.15, 0.2) is 0 Å². The van der Waals surface area contributed by atoms with Gasteiger partial charge < -0.3 is 14.1 Å². The fourth-order valence-electron chi connectivity index (χ4n) is 5.91. The minimum absolute atomic E-state index is 0.108. The maximum atomic E-state index is 13.5. The highest BCUT2D eigenvalue weighted by molar-refractivity contribution is 5.86. The van der Waals surface area contributed by atoms with Crippen LogP contribution in [0.5, 0.6) is 0 Å². The summed E-state index contributed by atoms with van der Waals surface area (Å²) in [6.45, 7) is 12.4. The first-order valence-corrected chi connectivity index (χ1v) is 10.8. The van der Waals surface area contributed by atoms with Crippen molar-refractivity contribution in [3.05, 3.63) is 23.7 Å². The first-order valence-electron chi connectivity index (χ1n) is 10.8. The van der Waals surface area contributed by atoms with Crippen molar-refractivity contribution in [3.8, 4) is 0 Å². The Morgan fingerprint density at radius 1 is 1.11 bits per heavy atom. The SMILES string of the molecule is CCN1CC[C@]2(CN(CCOC)CC23CCN(Cc2ccc(C)o2)CC3)C1=O. The van der Waals surface area contributed by atoms with Gasteiger partial charge in [-0.1, -0.05) is 0 Å². The van der Waals surface area contributed by atoms with E-state index in [1.54, 1.807) is 7.11 Å². The van der Waals surface area contributed by atoms with E-state index in [4.69, 9.17) is 9.15 Å². The van der Waals surface area contributed by atoms with Gasteiger partial charge in [-0.05, 0) is 58.3 Å². The van der Waals surface area contributed by atoms with Crippen molar-refractivity contribution in [2.24, 2.45) is 10.8 Å². The molecule has 3 aliphatic rings. The van der Waals surface area contributed by atoms with Gasteiger partial charge in [-0.15, -0.1) is 0 Å². The van der Waals surface area contributed by atoms with E-state index in [0.29, 0.717) is 5.91 Å². The van der Waals surface area contributed by atoms with Gasteiger partial charge in [-0.25, -0.2) is 0 Å². The van der Waals surface area contributed by atoms with E-state index < -0.39 is 0 Å². The molecule has 0 aromatic carbocycles. The summed E-state index contributed by atoms with van der Waals surface area (Å²) in [5, 5.41) is 0. The zero-order chi connectivity index (χ0) is 19.8. The van der Waals surface area contributed by atoms with Crippen LogP contribution in [0.3, 0.4) is 0 Å². The standard InChI is InChI=1S/C22H35N3O3/c1-4-25-12-9-22(20(25)26)17-24(13-14-27-3)16-21(22)7-10-23(11-8-21)15-19-6-5-18(2)28-19/h5-6H,4,7-17H2,1-3H3/t22-/m0/s1. The van der Waals surface area contributed by atoms with Gasteiger partial charge in [0.1, 0.15) is 11.5 Å². The lowest BCUT2D eigenvalue weighted by atomic mass is 9.60. The Balaban J connectivity index is 1.50. The molecule has 3 saturated heterocycles. The molecule has 4 rings (SSSR count). The lowest BCUT2D eigenvalue weighted by Gasteiger charge is -2.47. The van der Waals surface area contributed by atoms with Crippen molar-refractivity contribution < 1.29 is 13.9 Å². The molecule has 28 heavy (non-hydrogen) atoms. The molecule has 0 aliphatic carbocycles. The number of furan rings is 1. The van der Waals surface area contributed by atoms with Crippen molar-refractivity contribution >= 4 is 5.91 Å². The molecule has 4 heterocycles. The van der Waals surface area contributed by atoms with Gasteiger partial charge in [0.25, 0.3) is 0 Å². The average molecular weight is 390 g/mol. The second-order valence-corrected chi connectivity index (χ2v) is 8.99. The third kappa shape index (κ3) is 3.29. The molecule has 6 nitrogen and oxygen atoms in total. The van der Waals surface area contributed by atoms with Crippen LogP contribution in [0.25, 0.3) is 0 Å². The predicted octanol–water partition coefficient (Wildman–Crippen LogP) is 2.37. The first-order chi connectivity index (χ1) is 13.5. The number of carbonyl (C=O) groups excluding carboxylic acids is 1. The van der Waals surface area contributed by atoms with E-state index >= 15 is 0 Å². The molecule has 0 radical (unpaired) electrons. The molecule has 0 unspecified atom stereocenters. The molecule has 3 aliphatic heterocycles. The number of carbonyl (C=O) groups is 1. The Labute approximate surface area is 168 Å². The van der Waals surface area contributed by atoms with Gasteiger partial charge in [0.2, 0.25) is 5.91 Å². The fraction of sp³-hybridized carbons (Fsp3) is 0.773. The molecule has 0 bridgehead atoms. The van der Waals surface area contributed by atoms with Crippen molar-refractivity contribution in [1.82, 2.24) is 14.7 Å². The van der Waals surface area contributed by atoms with E-state index in [1.807, 2.05) is 13.0 Å². The topological polar surface area (TPSA) is 49.2 Å². The summed E-state index contributed by atoms with van der Waals surface area (Å²) < 4.78 is 11.1. The number of fused-ring (bicyclic) bond motifs is 1. The fourth-order valence-corrected chi connectivity index (χ4v) is 5.91. The monoisotopic (exact) mass is 389 g/mol. The highest BCUT2D eigenvalue weighted by Crippen LogP contribution is 2.57. The van der Waals surface area contributed by atoms with Crippen LogP contribution in [0.2, 0.25) is 0 Å². The molecule has 1 aromatic heterocycles. The van der Waals surface area contributed by atoms with Gasteiger partial charge in [0, 0.05) is 45.2 Å². The second-order valence-electron chi connectivity index (χ2n) is 8.99. The Kier molecular flexibility index (Phi) is 5.55. The highest BCUT2D eigenvalue weighted by atomic mass is 16.5. The molecule has 1 amide bonds. The molecular weight excluding hydrogens is 354 g/mol. The van der Waals surface area contributed by atoms with Crippen LogP contribution in [-0.2, 0) is 16.1 Å². The number of hydrogen-bond donors (Lipinski definition) is 0. The minimum atomic E-state index is -0.190. The predicted molar refractivity (Wildman–Crippen MR) is 108 cm³/mol. The summed E-state index contributed by atoms with van der Waals surface area (Å²) >= 11 is 0. The Morgan fingerprint density at radius 3 is 2.50 bits per heavy atom. The largest absolute Gasteiger partial charge is 0.465 e. The van der Waals surface area contributed by atoms with Gasteiger partial charge in [-0.2, -0.15) is 0 Å². The second kappa shape index (κ2) is 7.81. The minimum Gasteiger partial charge on any atom is -0.465 e. The van der Waals surface area contributed by atoms with E-state index in [-0.39, 0.29) is 10.8 Å². The van der Waals surface area contributed by atoms with E-state index in [2.05, 4.69) is 27.7 Å². The summed E-state index contributed by atoms with van der Waals surface area (Å²) in [6.07, 6.45) is 3.21. The van der Waals surface area contributed by atoms with Crippen LogP contribution < -0.4 is 0 Å². The van der Waals surface area contributed by atoms with Crippen LogP contribution in [0.1, 0.15) is 37.7 Å². The van der Waals surface area contributed by atoms with Crippen LogP contribution in [0.4, 0.5) is 0 Å². The number of hydrogen-bond acceptors (Lipinski definition) is 5. The third-order valence-electron chi connectivity index (χ3n) is 7.52. The molecule has 2 spiro atoms. The maximum Gasteiger partial charge on any atom is 0.230 e. The molecule has 0 saturated carbocycles. The number of methoxy groups -OCH3 is 1. The zero-order valence-electron chi connectivity index (χ0n) is 17.7. The van der Waals surface area contributed by atoms with E-state index in [9.17, 15) is 4.79 Å². The summed E-state index contributed by atoms with van der Waals surface area (Å²) in [7, 11) is 1.76. The zero-order valence-corrected chi connectivity index (χ0v) is 17.7. The first kappa shape index (κ1) is 19.9. The number of amides is 1. The van der Waals surface area contributed by atoms with Gasteiger partial charge in [0.05, 0.1) is 18.6 Å². The van der Waals surface area contributed by atoms with Gasteiger partial charge >= 0.3 is 0 Å². The van der Waals surface area contributed by atoms with Crippen molar-refractivity contribution in [1.29, 1.82) is 0 Å². The normalized spacial score (nSPS) is 28.2. The van der Waals surface area contributed by atoms with Crippen molar-refractivity contribution in [2.45, 2.75) is 39.7 Å². The van der Waals surface area contributed by atoms with Crippen LogP contribution in [0.15, 0.2) is 16.5 Å². The Hall–Kier alpha value is -1.37. The van der Waals surface area contributed by atoms with E-state index in [1.165, 1.54) is 0 Å².